The molecule has 13 heavy (non-hydrogen) atoms. The Morgan fingerprint density at radius 3 is 2.54 bits per heavy atom. The second kappa shape index (κ2) is 4.49. The standard InChI is InChI=1S/C10H19NO2/c1-8(2)13-10(12)11(3)7-9-5-4-6-9/h8-9H,4-7H2,1-3H3. The van der Waals surface area contributed by atoms with Gasteiger partial charge in [-0.25, -0.2) is 4.79 Å². The second-order valence-electron chi connectivity index (χ2n) is 4.11. The number of nitrogens with zero attached hydrogens (tertiary/aromatic N) is 1. The second-order valence-corrected chi connectivity index (χ2v) is 4.11. The zero-order valence-corrected chi connectivity index (χ0v) is 8.75. The quantitative estimate of drug-likeness (QED) is 0.675. The number of rotatable bonds is 3. The lowest BCUT2D eigenvalue weighted by Gasteiger charge is -2.29. The maximum atomic E-state index is 11.3. The fraction of sp³-hybridized carbons (Fsp3) is 0.900. The number of amides is 1. The molecule has 0 aromatic carbocycles. The Morgan fingerprint density at radius 1 is 1.54 bits per heavy atom. The van der Waals surface area contributed by atoms with Crippen molar-refractivity contribution in [1.82, 2.24) is 4.90 Å². The van der Waals surface area contributed by atoms with Crippen molar-refractivity contribution in [2.45, 2.75) is 39.2 Å². The molecule has 0 aromatic rings. The Morgan fingerprint density at radius 2 is 2.15 bits per heavy atom. The molecule has 0 aliphatic heterocycles. The predicted octanol–water partition coefficient (Wildman–Crippen LogP) is 2.26. The molecule has 0 unspecified atom stereocenters. The van der Waals surface area contributed by atoms with Crippen molar-refractivity contribution in [3.8, 4) is 0 Å². The third-order valence-electron chi connectivity index (χ3n) is 2.40. The lowest BCUT2D eigenvalue weighted by Crippen LogP contribution is -2.35. The van der Waals surface area contributed by atoms with Gasteiger partial charge in [0.05, 0.1) is 6.10 Å². The molecule has 1 aliphatic rings. The minimum absolute atomic E-state index is 0.0173. The summed E-state index contributed by atoms with van der Waals surface area (Å²) in [6.45, 7) is 4.59. The van der Waals surface area contributed by atoms with E-state index in [0.29, 0.717) is 5.92 Å². The van der Waals surface area contributed by atoms with Gasteiger partial charge >= 0.3 is 6.09 Å². The van der Waals surface area contributed by atoms with Gasteiger partial charge in [0.1, 0.15) is 0 Å². The Balaban J connectivity index is 2.20. The number of ether oxygens (including phenoxy) is 1. The van der Waals surface area contributed by atoms with Gasteiger partial charge in [-0.3, -0.25) is 0 Å². The van der Waals surface area contributed by atoms with Gasteiger partial charge in [-0.15, -0.1) is 0 Å². The number of hydrogen-bond acceptors (Lipinski definition) is 2. The van der Waals surface area contributed by atoms with Gasteiger partial charge in [0, 0.05) is 13.6 Å². The molecule has 1 fully saturated rings. The van der Waals surface area contributed by atoms with E-state index < -0.39 is 0 Å². The van der Waals surface area contributed by atoms with E-state index in [2.05, 4.69) is 0 Å². The van der Waals surface area contributed by atoms with Gasteiger partial charge in [-0.2, -0.15) is 0 Å². The molecule has 0 saturated heterocycles. The first-order valence-electron chi connectivity index (χ1n) is 5.01. The van der Waals surface area contributed by atoms with Gasteiger partial charge in [0.25, 0.3) is 0 Å². The van der Waals surface area contributed by atoms with E-state index in [1.54, 1.807) is 4.90 Å². The highest BCUT2D eigenvalue weighted by Gasteiger charge is 2.22. The number of hydrogen-bond donors (Lipinski definition) is 0. The van der Waals surface area contributed by atoms with Crippen molar-refractivity contribution in [2.75, 3.05) is 13.6 Å². The minimum atomic E-state index is -0.193. The Labute approximate surface area is 80.1 Å². The van der Waals surface area contributed by atoms with E-state index in [1.165, 1.54) is 19.3 Å². The summed E-state index contributed by atoms with van der Waals surface area (Å²) in [5.74, 6) is 0.713. The fourth-order valence-electron chi connectivity index (χ4n) is 1.43. The van der Waals surface area contributed by atoms with Gasteiger partial charge < -0.3 is 9.64 Å². The SMILES string of the molecule is CC(C)OC(=O)N(C)CC1CCC1. The first-order valence-corrected chi connectivity index (χ1v) is 5.01. The molecule has 1 aliphatic carbocycles. The van der Waals surface area contributed by atoms with Crippen molar-refractivity contribution in [1.29, 1.82) is 0 Å². The van der Waals surface area contributed by atoms with Crippen LogP contribution in [0.3, 0.4) is 0 Å². The summed E-state index contributed by atoms with van der Waals surface area (Å²) in [4.78, 5) is 13.0. The molecule has 1 rings (SSSR count). The number of carbonyl (C=O) groups is 1. The average molecular weight is 185 g/mol. The van der Waals surface area contributed by atoms with Crippen molar-refractivity contribution < 1.29 is 9.53 Å². The molecule has 1 saturated carbocycles. The van der Waals surface area contributed by atoms with Crippen LogP contribution in [0.1, 0.15) is 33.1 Å². The smallest absolute Gasteiger partial charge is 0.409 e. The van der Waals surface area contributed by atoms with Crippen LogP contribution < -0.4 is 0 Å². The van der Waals surface area contributed by atoms with Crippen LogP contribution in [-0.2, 0) is 4.74 Å². The monoisotopic (exact) mass is 185 g/mol. The van der Waals surface area contributed by atoms with E-state index >= 15 is 0 Å². The molecule has 0 bridgehead atoms. The fourth-order valence-corrected chi connectivity index (χ4v) is 1.43. The van der Waals surface area contributed by atoms with Crippen molar-refractivity contribution in [2.24, 2.45) is 5.92 Å². The van der Waals surface area contributed by atoms with Crippen LogP contribution in [-0.4, -0.2) is 30.7 Å². The van der Waals surface area contributed by atoms with Gasteiger partial charge in [-0.1, -0.05) is 6.42 Å². The maximum absolute atomic E-state index is 11.3. The summed E-state index contributed by atoms with van der Waals surface area (Å²) < 4.78 is 5.07. The normalized spacial score (nSPS) is 16.9. The molecular formula is C10H19NO2. The molecule has 0 atom stereocenters. The molecule has 0 radical (unpaired) electrons. The lowest BCUT2D eigenvalue weighted by atomic mass is 9.85. The Hall–Kier alpha value is -0.730. The summed E-state index contributed by atoms with van der Waals surface area (Å²) in [5.41, 5.74) is 0. The van der Waals surface area contributed by atoms with Crippen molar-refractivity contribution in [3.05, 3.63) is 0 Å². The molecule has 1 amide bonds. The molecule has 3 heteroatoms. The van der Waals surface area contributed by atoms with Crippen molar-refractivity contribution in [3.63, 3.8) is 0 Å². The summed E-state index contributed by atoms with van der Waals surface area (Å²) >= 11 is 0. The van der Waals surface area contributed by atoms with Crippen molar-refractivity contribution >= 4 is 6.09 Å². The van der Waals surface area contributed by atoms with Crippen LogP contribution in [0.4, 0.5) is 4.79 Å². The third kappa shape index (κ3) is 3.25. The first kappa shape index (κ1) is 10.4. The first-order chi connectivity index (χ1) is 6.09. The molecule has 0 N–H and O–H groups in total. The zero-order valence-electron chi connectivity index (χ0n) is 8.75. The Bertz CT molecular complexity index is 176. The third-order valence-corrected chi connectivity index (χ3v) is 2.40. The highest BCUT2D eigenvalue weighted by Crippen LogP contribution is 2.26. The largest absolute Gasteiger partial charge is 0.447 e. The highest BCUT2D eigenvalue weighted by atomic mass is 16.6. The molecule has 76 valence electrons. The summed E-state index contributed by atoms with van der Waals surface area (Å²) in [7, 11) is 1.81. The van der Waals surface area contributed by atoms with Gasteiger partial charge in [0.15, 0.2) is 0 Å². The summed E-state index contributed by atoms with van der Waals surface area (Å²) in [6.07, 6.45) is 3.63. The topological polar surface area (TPSA) is 29.5 Å². The molecule has 0 spiro atoms. The van der Waals surface area contributed by atoms with Crippen LogP contribution in [0.25, 0.3) is 0 Å². The highest BCUT2D eigenvalue weighted by molar-refractivity contribution is 5.67. The van der Waals surface area contributed by atoms with Crippen LogP contribution in [0, 0.1) is 5.92 Å². The van der Waals surface area contributed by atoms with Crippen LogP contribution in [0.15, 0.2) is 0 Å². The van der Waals surface area contributed by atoms with Crippen LogP contribution >= 0.6 is 0 Å². The lowest BCUT2D eigenvalue weighted by molar-refractivity contribution is 0.0749. The van der Waals surface area contributed by atoms with E-state index in [4.69, 9.17) is 4.74 Å². The minimum Gasteiger partial charge on any atom is -0.447 e. The number of carbonyl (C=O) groups excluding carboxylic acids is 1. The zero-order chi connectivity index (χ0) is 9.84. The van der Waals surface area contributed by atoms with E-state index in [-0.39, 0.29) is 12.2 Å². The molecule has 0 heterocycles. The summed E-state index contributed by atoms with van der Waals surface area (Å²) in [6, 6.07) is 0. The molecular weight excluding hydrogens is 166 g/mol. The van der Waals surface area contributed by atoms with E-state index in [9.17, 15) is 4.79 Å². The maximum Gasteiger partial charge on any atom is 0.409 e. The molecule has 3 nitrogen and oxygen atoms in total. The van der Waals surface area contributed by atoms with Gasteiger partial charge in [-0.05, 0) is 32.6 Å². The van der Waals surface area contributed by atoms with E-state index in [0.717, 1.165) is 6.54 Å². The van der Waals surface area contributed by atoms with Crippen LogP contribution in [0.5, 0.6) is 0 Å². The average Bonchev–Trinajstić information content (AvgIpc) is 1.94. The Kier molecular flexibility index (Phi) is 3.58. The summed E-state index contributed by atoms with van der Waals surface area (Å²) in [5, 5.41) is 0. The van der Waals surface area contributed by atoms with Gasteiger partial charge in [0.2, 0.25) is 0 Å². The van der Waals surface area contributed by atoms with Crippen LogP contribution in [0.2, 0.25) is 0 Å². The predicted molar refractivity (Wildman–Crippen MR) is 51.6 cm³/mol. The van der Waals surface area contributed by atoms with E-state index in [1.807, 2.05) is 20.9 Å². The molecule has 0 aromatic heterocycles.